The van der Waals surface area contributed by atoms with Gasteiger partial charge in [0.2, 0.25) is 15.9 Å². The van der Waals surface area contributed by atoms with Crippen LogP contribution in [0.2, 0.25) is 0 Å². The molecule has 0 atom stereocenters. The number of hydrogen-bond acceptors (Lipinski definition) is 3. The quantitative estimate of drug-likeness (QED) is 0.618. The summed E-state index contributed by atoms with van der Waals surface area (Å²) in [7, 11) is -4.72. The fourth-order valence-electron chi connectivity index (χ4n) is 1.79. The maximum Gasteiger partial charge on any atom is 0.246 e. The second-order valence-electron chi connectivity index (χ2n) is 4.65. The van der Waals surface area contributed by atoms with Gasteiger partial charge in [-0.15, -0.1) is 0 Å². The molecule has 11 heteroatoms. The number of hydrogen-bond donors (Lipinski definition) is 2. The summed E-state index contributed by atoms with van der Waals surface area (Å²) >= 11 is 0. The van der Waals surface area contributed by atoms with Crippen LogP contribution in [0.5, 0.6) is 0 Å². The van der Waals surface area contributed by atoms with E-state index in [2.05, 4.69) is 0 Å². The summed E-state index contributed by atoms with van der Waals surface area (Å²) in [6, 6.07) is 3.62. The van der Waals surface area contributed by atoms with Crippen molar-refractivity contribution in [1.82, 2.24) is 4.72 Å². The fraction of sp³-hybridized carbons (Fsp3) is 0.0714. The van der Waals surface area contributed by atoms with Crippen molar-refractivity contribution in [2.45, 2.75) is 4.90 Å². The van der Waals surface area contributed by atoms with Gasteiger partial charge in [0, 0.05) is 0 Å². The van der Waals surface area contributed by atoms with Crippen LogP contribution in [-0.2, 0) is 14.8 Å². The monoisotopic (exact) mass is 380 g/mol. The van der Waals surface area contributed by atoms with Crippen LogP contribution in [0.15, 0.2) is 35.2 Å². The van der Waals surface area contributed by atoms with E-state index in [0.717, 1.165) is 12.1 Å². The van der Waals surface area contributed by atoms with Crippen molar-refractivity contribution in [3.05, 3.63) is 59.4 Å². The Bertz CT molecular complexity index is 914. The standard InChI is InChI=1S/C14H9F5N2O3S/c15-7-4-5-10(13(19)12(7)18)21-11(22)6-20-25(23,24)14-8(16)2-1-3-9(14)17/h1-5,20H,6H2,(H,21,22). The Morgan fingerprint density at radius 3 is 2.08 bits per heavy atom. The number of amides is 1. The summed E-state index contributed by atoms with van der Waals surface area (Å²) in [4.78, 5) is 10.3. The second kappa shape index (κ2) is 7.15. The molecule has 134 valence electrons. The summed E-state index contributed by atoms with van der Waals surface area (Å²) in [6.45, 7) is -1.03. The molecular formula is C14H9F5N2O3S. The number of nitrogens with one attached hydrogen (secondary N) is 2. The predicted octanol–water partition coefficient (Wildman–Crippen LogP) is 2.30. The molecule has 0 fully saturated rings. The third kappa shape index (κ3) is 4.12. The molecular weight excluding hydrogens is 371 g/mol. The highest BCUT2D eigenvalue weighted by Gasteiger charge is 2.24. The smallest absolute Gasteiger partial charge is 0.246 e. The third-order valence-electron chi connectivity index (χ3n) is 2.92. The van der Waals surface area contributed by atoms with Gasteiger partial charge in [-0.2, -0.15) is 0 Å². The van der Waals surface area contributed by atoms with E-state index in [1.807, 2.05) is 0 Å². The van der Waals surface area contributed by atoms with Gasteiger partial charge in [0.1, 0.15) is 11.6 Å². The molecule has 0 bridgehead atoms. The van der Waals surface area contributed by atoms with Gasteiger partial charge in [-0.1, -0.05) is 6.07 Å². The summed E-state index contributed by atoms with van der Waals surface area (Å²) < 4.78 is 91.4. The first-order chi connectivity index (χ1) is 11.6. The maximum atomic E-state index is 13.5. The van der Waals surface area contributed by atoms with Gasteiger partial charge in [0.05, 0.1) is 12.2 Å². The Morgan fingerprint density at radius 2 is 1.48 bits per heavy atom. The number of anilines is 1. The molecule has 0 aromatic heterocycles. The Balaban J connectivity index is 2.11. The molecule has 0 radical (unpaired) electrons. The summed E-state index contributed by atoms with van der Waals surface area (Å²) in [5.41, 5.74) is -0.736. The Morgan fingerprint density at radius 1 is 0.880 bits per heavy atom. The van der Waals surface area contributed by atoms with Gasteiger partial charge >= 0.3 is 0 Å². The molecule has 0 spiro atoms. The zero-order valence-corrected chi connectivity index (χ0v) is 12.9. The van der Waals surface area contributed by atoms with Crippen LogP contribution in [0.1, 0.15) is 0 Å². The predicted molar refractivity (Wildman–Crippen MR) is 76.5 cm³/mol. The van der Waals surface area contributed by atoms with Crippen molar-refractivity contribution in [3.8, 4) is 0 Å². The van der Waals surface area contributed by atoms with Crippen LogP contribution in [0.3, 0.4) is 0 Å². The van der Waals surface area contributed by atoms with Crippen molar-refractivity contribution in [2.75, 3.05) is 11.9 Å². The first-order valence-corrected chi connectivity index (χ1v) is 7.99. The van der Waals surface area contributed by atoms with Gasteiger partial charge in [0.25, 0.3) is 0 Å². The highest BCUT2D eigenvalue weighted by Crippen LogP contribution is 2.20. The minimum atomic E-state index is -4.72. The summed E-state index contributed by atoms with van der Waals surface area (Å²) in [5, 5.41) is 1.80. The minimum absolute atomic E-state index is 0.549. The average molecular weight is 380 g/mol. The number of carbonyl (C=O) groups is 1. The average Bonchev–Trinajstić information content (AvgIpc) is 2.53. The topological polar surface area (TPSA) is 75.3 Å². The lowest BCUT2D eigenvalue weighted by atomic mass is 10.3. The van der Waals surface area contributed by atoms with Gasteiger partial charge in [-0.3, -0.25) is 4.79 Å². The van der Waals surface area contributed by atoms with Crippen molar-refractivity contribution in [1.29, 1.82) is 0 Å². The molecule has 1 amide bonds. The normalized spacial score (nSPS) is 11.4. The molecule has 2 aromatic rings. The Labute approximate surface area is 138 Å². The number of sulfonamides is 1. The van der Waals surface area contributed by atoms with E-state index in [1.165, 1.54) is 0 Å². The maximum absolute atomic E-state index is 13.5. The Hall–Kier alpha value is -2.53. The highest BCUT2D eigenvalue weighted by atomic mass is 32.2. The zero-order valence-electron chi connectivity index (χ0n) is 12.1. The summed E-state index contributed by atoms with van der Waals surface area (Å²) in [5.74, 6) is -8.92. The van der Waals surface area contributed by atoms with Gasteiger partial charge in [0.15, 0.2) is 22.3 Å². The molecule has 0 saturated carbocycles. The molecule has 5 nitrogen and oxygen atoms in total. The van der Waals surface area contributed by atoms with Crippen molar-refractivity contribution < 1.29 is 35.2 Å². The lowest BCUT2D eigenvalue weighted by Gasteiger charge is -2.10. The van der Waals surface area contributed by atoms with Crippen LogP contribution in [0, 0.1) is 29.1 Å². The van der Waals surface area contributed by atoms with Crippen molar-refractivity contribution in [3.63, 3.8) is 0 Å². The van der Waals surface area contributed by atoms with Gasteiger partial charge in [-0.25, -0.2) is 35.1 Å². The molecule has 25 heavy (non-hydrogen) atoms. The Kier molecular flexibility index (Phi) is 5.38. The zero-order chi connectivity index (χ0) is 18.8. The SMILES string of the molecule is O=C(CNS(=O)(=O)c1c(F)cccc1F)Nc1ccc(F)c(F)c1F. The second-order valence-corrected chi connectivity index (χ2v) is 6.35. The fourth-order valence-corrected chi connectivity index (χ4v) is 2.90. The first kappa shape index (κ1) is 18.8. The van der Waals surface area contributed by atoms with E-state index in [-0.39, 0.29) is 0 Å². The lowest BCUT2D eigenvalue weighted by Crippen LogP contribution is -2.34. The van der Waals surface area contributed by atoms with E-state index < -0.39 is 62.1 Å². The number of benzene rings is 2. The molecule has 2 aromatic carbocycles. The van der Waals surface area contributed by atoms with E-state index in [4.69, 9.17) is 0 Å². The van der Waals surface area contributed by atoms with Gasteiger partial charge in [-0.05, 0) is 24.3 Å². The van der Waals surface area contributed by atoms with E-state index in [1.54, 1.807) is 10.0 Å². The van der Waals surface area contributed by atoms with Crippen LogP contribution >= 0.6 is 0 Å². The van der Waals surface area contributed by atoms with Crippen LogP contribution < -0.4 is 10.0 Å². The van der Waals surface area contributed by atoms with Crippen molar-refractivity contribution >= 4 is 21.6 Å². The number of rotatable bonds is 5. The number of carbonyl (C=O) groups excluding carboxylic acids is 1. The first-order valence-electron chi connectivity index (χ1n) is 6.50. The van der Waals surface area contributed by atoms with E-state index in [0.29, 0.717) is 18.2 Å². The van der Waals surface area contributed by atoms with E-state index in [9.17, 15) is 35.2 Å². The molecule has 0 saturated heterocycles. The molecule has 2 N–H and O–H groups in total. The third-order valence-corrected chi connectivity index (χ3v) is 4.37. The largest absolute Gasteiger partial charge is 0.322 e. The van der Waals surface area contributed by atoms with Crippen molar-refractivity contribution in [2.24, 2.45) is 0 Å². The van der Waals surface area contributed by atoms with Crippen LogP contribution in [0.25, 0.3) is 0 Å². The molecule has 0 unspecified atom stereocenters. The lowest BCUT2D eigenvalue weighted by molar-refractivity contribution is -0.115. The summed E-state index contributed by atoms with van der Waals surface area (Å²) in [6.07, 6.45) is 0. The molecule has 0 aliphatic rings. The molecule has 2 rings (SSSR count). The molecule has 0 aliphatic carbocycles. The minimum Gasteiger partial charge on any atom is -0.322 e. The molecule has 0 heterocycles. The van der Waals surface area contributed by atoms with Crippen LogP contribution in [0.4, 0.5) is 27.6 Å². The number of halogens is 5. The van der Waals surface area contributed by atoms with E-state index >= 15 is 0 Å². The van der Waals surface area contributed by atoms with Gasteiger partial charge < -0.3 is 5.32 Å². The molecule has 0 aliphatic heterocycles. The highest BCUT2D eigenvalue weighted by molar-refractivity contribution is 7.89. The van der Waals surface area contributed by atoms with Crippen LogP contribution in [-0.4, -0.2) is 20.9 Å².